The van der Waals surface area contributed by atoms with E-state index in [2.05, 4.69) is 16.0 Å². The number of amides is 2. The number of carbonyl (C=O) groups is 2. The van der Waals surface area contributed by atoms with Crippen LogP contribution >= 0.6 is 0 Å². The summed E-state index contributed by atoms with van der Waals surface area (Å²) in [7, 11) is 1.51. The van der Waals surface area contributed by atoms with E-state index >= 15 is 0 Å². The lowest BCUT2D eigenvalue weighted by molar-refractivity contribution is -0.137. The van der Waals surface area contributed by atoms with Gasteiger partial charge in [-0.2, -0.15) is 18.4 Å². The van der Waals surface area contributed by atoms with Crippen molar-refractivity contribution in [3.63, 3.8) is 0 Å². The van der Waals surface area contributed by atoms with E-state index in [1.807, 2.05) is 0 Å². The lowest BCUT2D eigenvalue weighted by Gasteiger charge is -2.26. The average molecular weight is 404 g/mol. The molecule has 0 bridgehead atoms. The van der Waals surface area contributed by atoms with E-state index in [0.29, 0.717) is 11.3 Å². The molecule has 0 aliphatic rings. The Kier molecular flexibility index (Phi) is 6.17. The fourth-order valence-corrected chi connectivity index (χ4v) is 2.51. The van der Waals surface area contributed by atoms with Crippen molar-refractivity contribution in [2.75, 3.05) is 17.7 Å². The molecule has 29 heavy (non-hydrogen) atoms. The summed E-state index contributed by atoms with van der Waals surface area (Å²) in [5.74, 6) is -0.833. The van der Waals surface area contributed by atoms with Crippen LogP contribution in [0.25, 0.3) is 0 Å². The van der Waals surface area contributed by atoms with Crippen molar-refractivity contribution in [1.82, 2.24) is 5.32 Å². The molecule has 0 atom stereocenters. The van der Waals surface area contributed by atoms with Gasteiger partial charge in [0.25, 0.3) is 5.91 Å². The van der Waals surface area contributed by atoms with Gasteiger partial charge < -0.3 is 16.0 Å². The Hall–Kier alpha value is -3.54. The molecule has 3 N–H and O–H groups in total. The van der Waals surface area contributed by atoms with Crippen molar-refractivity contribution in [2.24, 2.45) is 0 Å². The second kappa shape index (κ2) is 8.22. The third kappa shape index (κ3) is 5.25. The van der Waals surface area contributed by atoms with Crippen LogP contribution in [0.5, 0.6) is 0 Å². The van der Waals surface area contributed by atoms with Gasteiger partial charge in [0, 0.05) is 24.0 Å². The third-order valence-corrected chi connectivity index (χ3v) is 4.10. The van der Waals surface area contributed by atoms with Gasteiger partial charge in [0.1, 0.15) is 5.54 Å². The zero-order valence-corrected chi connectivity index (χ0v) is 15.9. The van der Waals surface area contributed by atoms with Crippen LogP contribution in [-0.2, 0) is 11.0 Å². The highest BCUT2D eigenvalue weighted by molar-refractivity contribution is 5.99. The van der Waals surface area contributed by atoms with E-state index in [0.717, 1.165) is 12.1 Å². The maximum absolute atomic E-state index is 13.1. The molecular weight excluding hydrogens is 385 g/mol. The topological polar surface area (TPSA) is 94.0 Å². The van der Waals surface area contributed by atoms with E-state index in [-0.39, 0.29) is 11.6 Å². The summed E-state index contributed by atoms with van der Waals surface area (Å²) in [6, 6.07) is 10.8. The molecule has 0 unspecified atom stereocenters. The molecule has 0 saturated heterocycles. The fourth-order valence-electron chi connectivity index (χ4n) is 2.51. The first-order valence-electron chi connectivity index (χ1n) is 8.51. The Morgan fingerprint density at radius 3 is 2.10 bits per heavy atom. The minimum Gasteiger partial charge on any atom is -0.372 e. The van der Waals surface area contributed by atoms with E-state index in [9.17, 15) is 22.8 Å². The molecule has 2 aromatic rings. The summed E-state index contributed by atoms with van der Waals surface area (Å²) in [6.07, 6.45) is -4.72. The Balaban J connectivity index is 2.17. The van der Waals surface area contributed by atoms with Crippen molar-refractivity contribution in [2.45, 2.75) is 25.6 Å². The molecule has 0 aliphatic heterocycles. The number of carbonyl (C=O) groups excluding carboxylic acids is 2. The van der Waals surface area contributed by atoms with Gasteiger partial charge in [-0.15, -0.1) is 0 Å². The van der Waals surface area contributed by atoms with Gasteiger partial charge in [-0.1, -0.05) is 0 Å². The number of nitrogens with zero attached hydrogens (tertiary/aromatic N) is 1. The number of nitriles is 1. The molecule has 0 radical (unpaired) electrons. The minimum atomic E-state index is -4.72. The second-order valence-electron chi connectivity index (χ2n) is 6.73. The molecule has 0 heterocycles. The summed E-state index contributed by atoms with van der Waals surface area (Å²) < 4.78 is 39.3. The van der Waals surface area contributed by atoms with Gasteiger partial charge in [0.2, 0.25) is 5.91 Å². The Morgan fingerprint density at radius 2 is 1.59 bits per heavy atom. The van der Waals surface area contributed by atoms with Gasteiger partial charge in [-0.3, -0.25) is 9.59 Å². The number of hydrogen-bond acceptors (Lipinski definition) is 4. The number of rotatable bonds is 5. The number of alkyl halides is 3. The lowest BCUT2D eigenvalue weighted by Crippen LogP contribution is -2.44. The summed E-state index contributed by atoms with van der Waals surface area (Å²) in [5.41, 5.74) is -1.91. The monoisotopic (exact) mass is 404 g/mol. The molecule has 0 aromatic heterocycles. The lowest BCUT2D eigenvalue weighted by atomic mass is 10.0. The Morgan fingerprint density at radius 1 is 1.00 bits per heavy atom. The summed E-state index contributed by atoms with van der Waals surface area (Å²) in [5, 5.41) is 16.7. The highest BCUT2D eigenvalue weighted by Gasteiger charge is 2.34. The van der Waals surface area contributed by atoms with Crippen LogP contribution in [0.15, 0.2) is 42.5 Å². The van der Waals surface area contributed by atoms with Gasteiger partial charge >= 0.3 is 6.18 Å². The van der Waals surface area contributed by atoms with Gasteiger partial charge in [0.15, 0.2) is 0 Å². The van der Waals surface area contributed by atoms with E-state index < -0.39 is 28.7 Å². The normalized spacial score (nSPS) is 11.3. The molecular formula is C20H19F3N4O2. The van der Waals surface area contributed by atoms with Gasteiger partial charge in [-0.25, -0.2) is 0 Å². The first kappa shape index (κ1) is 21.8. The quantitative estimate of drug-likeness (QED) is 0.707. The van der Waals surface area contributed by atoms with Gasteiger partial charge in [-0.05, 0) is 56.3 Å². The van der Waals surface area contributed by atoms with Crippen molar-refractivity contribution < 1.29 is 22.8 Å². The van der Waals surface area contributed by atoms with Crippen molar-refractivity contribution in [3.8, 4) is 6.07 Å². The first-order chi connectivity index (χ1) is 13.5. The fraction of sp³-hybridized carbons (Fsp3) is 0.250. The van der Waals surface area contributed by atoms with Crippen LogP contribution in [0, 0.1) is 11.3 Å². The molecule has 152 valence electrons. The molecule has 6 nitrogen and oxygen atoms in total. The number of anilines is 2. The summed E-state index contributed by atoms with van der Waals surface area (Å²) in [4.78, 5) is 24.2. The molecule has 0 spiro atoms. The third-order valence-electron chi connectivity index (χ3n) is 4.10. The maximum atomic E-state index is 13.1. The molecule has 2 amide bonds. The van der Waals surface area contributed by atoms with Crippen LogP contribution in [-0.4, -0.2) is 24.4 Å². The molecule has 0 saturated carbocycles. The molecule has 0 fully saturated rings. The number of halogens is 3. The number of nitrogens with one attached hydrogen (secondary N) is 3. The zero-order valence-electron chi connectivity index (χ0n) is 15.9. The van der Waals surface area contributed by atoms with Crippen molar-refractivity contribution in [1.29, 1.82) is 5.26 Å². The van der Waals surface area contributed by atoms with E-state index in [4.69, 9.17) is 5.26 Å². The van der Waals surface area contributed by atoms with Crippen LogP contribution in [0.4, 0.5) is 24.5 Å². The predicted octanol–water partition coefficient (Wildman–Crippen LogP) is 3.77. The van der Waals surface area contributed by atoms with Crippen LogP contribution in [0.1, 0.15) is 35.3 Å². The molecule has 0 aliphatic carbocycles. The van der Waals surface area contributed by atoms with E-state index in [1.54, 1.807) is 38.1 Å². The van der Waals surface area contributed by atoms with Crippen molar-refractivity contribution in [3.05, 3.63) is 59.2 Å². The van der Waals surface area contributed by atoms with Crippen LogP contribution in [0.2, 0.25) is 0 Å². The number of hydrogen-bond donors (Lipinski definition) is 3. The van der Waals surface area contributed by atoms with Crippen LogP contribution < -0.4 is 16.0 Å². The highest BCUT2D eigenvalue weighted by atomic mass is 19.4. The predicted molar refractivity (Wildman–Crippen MR) is 102 cm³/mol. The Labute approximate surface area is 165 Å². The number of benzene rings is 2. The maximum Gasteiger partial charge on any atom is 0.417 e. The molecule has 9 heteroatoms. The average Bonchev–Trinajstić information content (AvgIpc) is 2.66. The second-order valence-corrected chi connectivity index (χ2v) is 6.73. The largest absolute Gasteiger partial charge is 0.417 e. The van der Waals surface area contributed by atoms with Crippen LogP contribution in [0.3, 0.4) is 0 Å². The summed E-state index contributed by atoms with van der Waals surface area (Å²) >= 11 is 0. The standard InChI is InChI=1S/C20H19F3N4O2/c1-19(2,27-14-7-4-12(5-8-14)17(28)25-3)18(29)26-15-9-6-13(11-24)16(10-15)20(21,22)23/h4-10,27H,1-3H3,(H,25,28)(H,26,29). The Bertz CT molecular complexity index is 961. The molecule has 2 rings (SSSR count). The first-order valence-corrected chi connectivity index (χ1v) is 8.51. The van der Waals surface area contributed by atoms with Gasteiger partial charge in [0.05, 0.1) is 17.2 Å². The van der Waals surface area contributed by atoms with Crippen molar-refractivity contribution >= 4 is 23.2 Å². The SMILES string of the molecule is CNC(=O)c1ccc(NC(C)(C)C(=O)Nc2ccc(C#N)c(C(F)(F)F)c2)cc1. The smallest absolute Gasteiger partial charge is 0.372 e. The zero-order chi connectivity index (χ0) is 21.8. The summed E-state index contributed by atoms with van der Waals surface area (Å²) in [6.45, 7) is 3.12. The molecule has 2 aromatic carbocycles. The highest BCUT2D eigenvalue weighted by Crippen LogP contribution is 2.33. The minimum absolute atomic E-state index is 0.0776. The van der Waals surface area contributed by atoms with E-state index in [1.165, 1.54) is 19.2 Å².